The summed E-state index contributed by atoms with van der Waals surface area (Å²) in [5.74, 6) is -1.51. The molecule has 0 saturated carbocycles. The van der Waals surface area contributed by atoms with Crippen molar-refractivity contribution >= 4 is 23.3 Å². The van der Waals surface area contributed by atoms with E-state index in [4.69, 9.17) is 9.84 Å². The molecule has 0 radical (unpaired) electrons. The number of amides is 1. The average molecular weight is 603 g/mol. The summed E-state index contributed by atoms with van der Waals surface area (Å²) >= 11 is 0. The van der Waals surface area contributed by atoms with Crippen molar-refractivity contribution < 1.29 is 31.9 Å². The number of halogens is 4. The lowest BCUT2D eigenvalue weighted by Crippen LogP contribution is -2.12. The van der Waals surface area contributed by atoms with E-state index < -0.39 is 29.4 Å². The molecule has 0 atom stereocenters. The first-order chi connectivity index (χ1) is 20.9. The van der Waals surface area contributed by atoms with E-state index in [1.807, 2.05) is 43.3 Å². The maximum atomic E-state index is 13.8. The van der Waals surface area contributed by atoms with Crippen molar-refractivity contribution in [2.24, 2.45) is 0 Å². The predicted molar refractivity (Wildman–Crippen MR) is 159 cm³/mol. The van der Waals surface area contributed by atoms with Gasteiger partial charge in [0, 0.05) is 43.5 Å². The zero-order valence-corrected chi connectivity index (χ0v) is 23.8. The van der Waals surface area contributed by atoms with Gasteiger partial charge in [-0.2, -0.15) is 23.0 Å². The van der Waals surface area contributed by atoms with Crippen molar-refractivity contribution in [1.82, 2.24) is 9.78 Å². The molecule has 1 amide bonds. The van der Waals surface area contributed by atoms with Crippen LogP contribution in [-0.2, 0) is 11.0 Å². The Balaban J connectivity index is 1.57. The smallest absolute Gasteiger partial charge is 0.407 e. The third kappa shape index (κ3) is 6.46. The number of ether oxygens (including phenoxy) is 1. The van der Waals surface area contributed by atoms with Crippen LogP contribution in [0.1, 0.15) is 22.8 Å². The molecule has 4 aromatic carbocycles. The van der Waals surface area contributed by atoms with Crippen molar-refractivity contribution in [3.63, 3.8) is 0 Å². The van der Waals surface area contributed by atoms with Crippen molar-refractivity contribution in [3.05, 3.63) is 114 Å². The van der Waals surface area contributed by atoms with Gasteiger partial charge in [0.05, 0.1) is 16.8 Å². The van der Waals surface area contributed by atoms with Crippen LogP contribution in [0.3, 0.4) is 0 Å². The number of nitrogens with one attached hydrogen (secondary N) is 1. The van der Waals surface area contributed by atoms with E-state index in [2.05, 4.69) is 5.32 Å². The fourth-order valence-corrected chi connectivity index (χ4v) is 4.52. The standard InChI is InChI=1S/C33H26F4N4O3/c1-20(42)44-32-29(21-9-15-26(16-10-21)38-31(43)22-7-11-24(12-8-22)33(35,36)37)30(23-5-4-6-28(19-23)40(2)3)39-41(32)27-17-13-25(34)14-18-27/h4-19H,1-3H3,(H,38,43). The average Bonchev–Trinajstić information content (AvgIpc) is 3.36. The van der Waals surface area contributed by atoms with Crippen molar-refractivity contribution in [2.45, 2.75) is 13.1 Å². The van der Waals surface area contributed by atoms with Gasteiger partial charge in [-0.05, 0) is 78.4 Å². The van der Waals surface area contributed by atoms with Crippen LogP contribution >= 0.6 is 0 Å². The van der Waals surface area contributed by atoms with E-state index >= 15 is 0 Å². The van der Waals surface area contributed by atoms with Gasteiger partial charge >= 0.3 is 12.1 Å². The van der Waals surface area contributed by atoms with Crippen molar-refractivity contribution in [2.75, 3.05) is 24.3 Å². The molecule has 0 aliphatic rings. The number of hydrogen-bond donors (Lipinski definition) is 1. The molecular weight excluding hydrogens is 576 g/mol. The van der Waals surface area contributed by atoms with E-state index in [1.54, 1.807) is 24.3 Å². The number of benzene rings is 4. The number of nitrogens with zero attached hydrogens (tertiary/aromatic N) is 3. The highest BCUT2D eigenvalue weighted by Crippen LogP contribution is 2.42. The highest BCUT2D eigenvalue weighted by Gasteiger charge is 2.30. The molecule has 11 heteroatoms. The summed E-state index contributed by atoms with van der Waals surface area (Å²) in [6.45, 7) is 1.26. The van der Waals surface area contributed by atoms with Gasteiger partial charge in [0.2, 0.25) is 5.88 Å². The third-order valence-electron chi connectivity index (χ3n) is 6.70. The van der Waals surface area contributed by atoms with Crippen LogP contribution in [0.4, 0.5) is 28.9 Å². The van der Waals surface area contributed by atoms with Crippen LogP contribution < -0.4 is 15.0 Å². The fourth-order valence-electron chi connectivity index (χ4n) is 4.52. The monoisotopic (exact) mass is 602 g/mol. The molecule has 5 rings (SSSR count). The van der Waals surface area contributed by atoms with Crippen LogP contribution in [0, 0.1) is 5.82 Å². The Labute approximate surface area is 250 Å². The molecule has 0 unspecified atom stereocenters. The maximum absolute atomic E-state index is 13.8. The summed E-state index contributed by atoms with van der Waals surface area (Å²) in [6.07, 6.45) is -4.51. The number of carbonyl (C=O) groups is 2. The van der Waals surface area contributed by atoms with Crippen LogP contribution in [0.2, 0.25) is 0 Å². The second-order valence-electron chi connectivity index (χ2n) is 10.1. The molecule has 1 N–H and O–H groups in total. The first-order valence-corrected chi connectivity index (χ1v) is 13.3. The second kappa shape index (κ2) is 12.0. The Morgan fingerprint density at radius 3 is 2.11 bits per heavy atom. The molecule has 0 aliphatic carbocycles. The molecule has 0 bridgehead atoms. The van der Waals surface area contributed by atoms with E-state index in [9.17, 15) is 27.2 Å². The van der Waals surface area contributed by atoms with Crippen LogP contribution in [0.5, 0.6) is 5.88 Å². The first kappa shape index (κ1) is 30.0. The summed E-state index contributed by atoms with van der Waals surface area (Å²) in [7, 11) is 3.80. The second-order valence-corrected chi connectivity index (χ2v) is 10.1. The molecule has 1 heterocycles. The summed E-state index contributed by atoms with van der Waals surface area (Å²) in [6, 6.07) is 23.7. The third-order valence-corrected chi connectivity index (χ3v) is 6.70. The minimum absolute atomic E-state index is 0.0582. The minimum atomic E-state index is -4.51. The van der Waals surface area contributed by atoms with Gasteiger partial charge in [-0.1, -0.05) is 24.3 Å². The van der Waals surface area contributed by atoms with Crippen molar-refractivity contribution in [3.8, 4) is 34.0 Å². The number of carbonyl (C=O) groups excluding carboxylic acids is 2. The van der Waals surface area contributed by atoms with Gasteiger partial charge in [-0.15, -0.1) is 0 Å². The Hall–Kier alpha value is -5.45. The first-order valence-electron chi connectivity index (χ1n) is 13.3. The molecule has 0 spiro atoms. The zero-order valence-electron chi connectivity index (χ0n) is 23.8. The fraction of sp³-hybridized carbons (Fsp3) is 0.121. The Bertz CT molecular complexity index is 1810. The van der Waals surface area contributed by atoms with Gasteiger partial charge in [0.1, 0.15) is 11.5 Å². The topological polar surface area (TPSA) is 76.5 Å². The molecule has 1 aromatic heterocycles. The SMILES string of the molecule is CC(=O)Oc1c(-c2ccc(NC(=O)c3ccc(C(F)(F)F)cc3)cc2)c(-c2cccc(N(C)C)c2)nn1-c1ccc(F)cc1. The molecule has 0 saturated heterocycles. The lowest BCUT2D eigenvalue weighted by Gasteiger charge is -2.14. The molecule has 7 nitrogen and oxygen atoms in total. The summed E-state index contributed by atoms with van der Waals surface area (Å²) in [4.78, 5) is 26.9. The Kier molecular flexibility index (Phi) is 8.21. The van der Waals surface area contributed by atoms with E-state index in [1.165, 1.54) is 35.9 Å². The van der Waals surface area contributed by atoms with Gasteiger partial charge in [-0.3, -0.25) is 9.59 Å². The quantitative estimate of drug-likeness (QED) is 0.153. The van der Waals surface area contributed by atoms with Gasteiger partial charge in [0.25, 0.3) is 5.91 Å². The van der Waals surface area contributed by atoms with Crippen LogP contribution in [-0.4, -0.2) is 35.8 Å². The molecule has 44 heavy (non-hydrogen) atoms. The number of rotatable bonds is 7. The maximum Gasteiger partial charge on any atom is 0.416 e. The Morgan fingerprint density at radius 2 is 1.52 bits per heavy atom. The lowest BCUT2D eigenvalue weighted by atomic mass is 10.0. The summed E-state index contributed by atoms with van der Waals surface area (Å²) < 4.78 is 59.6. The zero-order chi connectivity index (χ0) is 31.6. The largest absolute Gasteiger partial charge is 0.416 e. The predicted octanol–water partition coefficient (Wildman–Crippen LogP) is 7.61. The molecule has 0 fully saturated rings. The van der Waals surface area contributed by atoms with E-state index in [0.29, 0.717) is 28.2 Å². The van der Waals surface area contributed by atoms with Gasteiger partial charge < -0.3 is 15.0 Å². The lowest BCUT2D eigenvalue weighted by molar-refractivity contribution is -0.137. The Morgan fingerprint density at radius 1 is 0.864 bits per heavy atom. The number of esters is 1. The van der Waals surface area contributed by atoms with Gasteiger partial charge in [-0.25, -0.2) is 4.39 Å². The van der Waals surface area contributed by atoms with Crippen LogP contribution in [0.15, 0.2) is 97.1 Å². The molecule has 224 valence electrons. The number of hydrogen-bond acceptors (Lipinski definition) is 5. The normalized spacial score (nSPS) is 11.2. The molecular formula is C33H26F4N4O3. The summed E-state index contributed by atoms with van der Waals surface area (Å²) in [5.41, 5.74) is 3.22. The number of alkyl halides is 3. The van der Waals surface area contributed by atoms with E-state index in [-0.39, 0.29) is 11.4 Å². The number of aromatic nitrogens is 2. The van der Waals surface area contributed by atoms with Crippen LogP contribution in [0.25, 0.3) is 28.1 Å². The highest BCUT2D eigenvalue weighted by molar-refractivity contribution is 6.04. The van der Waals surface area contributed by atoms with E-state index in [0.717, 1.165) is 35.5 Å². The highest BCUT2D eigenvalue weighted by atomic mass is 19.4. The van der Waals surface area contributed by atoms with Crippen molar-refractivity contribution in [1.29, 1.82) is 0 Å². The number of anilines is 2. The van der Waals surface area contributed by atoms with Gasteiger partial charge in [0.15, 0.2) is 0 Å². The molecule has 5 aromatic rings. The molecule has 0 aliphatic heterocycles. The summed E-state index contributed by atoms with van der Waals surface area (Å²) in [5, 5.41) is 7.47. The minimum Gasteiger partial charge on any atom is -0.407 e.